The smallest absolute Gasteiger partial charge is 0.110 e. The van der Waals surface area contributed by atoms with Crippen molar-refractivity contribution in [3.63, 3.8) is 0 Å². The Labute approximate surface area is 133 Å². The second-order valence-electron chi connectivity index (χ2n) is 4.76. The number of rotatable bonds is 6. The zero-order chi connectivity index (χ0) is 14.5. The first-order valence-electron chi connectivity index (χ1n) is 6.78. The zero-order valence-electron chi connectivity index (χ0n) is 11.7. The summed E-state index contributed by atoms with van der Waals surface area (Å²) >= 11 is 9.53. The van der Waals surface area contributed by atoms with Crippen LogP contribution in [0.5, 0.6) is 0 Å². The Hall–Kier alpha value is -0.840. The van der Waals surface area contributed by atoms with E-state index in [4.69, 9.17) is 11.6 Å². The second-order valence-corrected chi connectivity index (χ2v) is 6.02. The van der Waals surface area contributed by atoms with Crippen molar-refractivity contribution in [2.75, 3.05) is 7.05 Å². The van der Waals surface area contributed by atoms with Gasteiger partial charge in [-0.1, -0.05) is 24.6 Å². The van der Waals surface area contributed by atoms with Crippen LogP contribution >= 0.6 is 27.5 Å². The van der Waals surface area contributed by atoms with Crippen molar-refractivity contribution in [1.82, 2.24) is 14.9 Å². The molecule has 3 nitrogen and oxygen atoms in total. The minimum atomic E-state index is 0.224. The number of aromatic nitrogens is 2. The molecule has 0 radical (unpaired) electrons. The largest absolute Gasteiger partial charge is 0.335 e. The average Bonchev–Trinajstić information content (AvgIpc) is 2.87. The molecule has 1 N–H and O–H groups in total. The number of nitrogens with one attached hydrogen (secondary N) is 1. The predicted octanol–water partition coefficient (Wildman–Crippen LogP) is 4.21. The third kappa shape index (κ3) is 3.62. The van der Waals surface area contributed by atoms with E-state index < -0.39 is 0 Å². The molecule has 0 aliphatic carbocycles. The summed E-state index contributed by atoms with van der Waals surface area (Å²) < 4.78 is 3.14. The normalized spacial score (nSPS) is 12.6. The summed E-state index contributed by atoms with van der Waals surface area (Å²) in [6.07, 6.45) is 5.89. The molecule has 0 fully saturated rings. The molecule has 0 saturated carbocycles. The van der Waals surface area contributed by atoms with Gasteiger partial charge in [-0.05, 0) is 47.1 Å². The minimum Gasteiger partial charge on any atom is -0.335 e. The number of halogens is 2. The maximum absolute atomic E-state index is 6.05. The third-order valence-corrected chi connectivity index (χ3v) is 4.56. The summed E-state index contributed by atoms with van der Waals surface area (Å²) in [4.78, 5) is 4.47. The molecule has 1 unspecified atom stereocenters. The predicted molar refractivity (Wildman–Crippen MR) is 87.2 cm³/mol. The number of likely N-dealkylation sites (N-methyl/N-ethyl adjacent to an activating group) is 1. The molecule has 1 atom stereocenters. The van der Waals surface area contributed by atoms with Crippen LogP contribution < -0.4 is 5.32 Å². The summed E-state index contributed by atoms with van der Waals surface area (Å²) in [5.74, 6) is 1.11. The van der Waals surface area contributed by atoms with Crippen LogP contribution in [0.1, 0.15) is 30.8 Å². The van der Waals surface area contributed by atoms with E-state index in [-0.39, 0.29) is 6.04 Å². The second kappa shape index (κ2) is 7.25. The lowest BCUT2D eigenvalue weighted by atomic mass is 10.0. The molecule has 2 rings (SSSR count). The Bertz CT molecular complexity index is 568. The maximum Gasteiger partial charge on any atom is 0.110 e. The molecule has 0 aliphatic rings. The van der Waals surface area contributed by atoms with E-state index in [1.54, 1.807) is 0 Å². The van der Waals surface area contributed by atoms with Gasteiger partial charge in [-0.25, -0.2) is 4.98 Å². The SMILES string of the molecule is CCCn1ccnc1CC(NC)c1ccc(Cl)c(Br)c1. The standard InChI is InChI=1S/C15H19BrClN3/c1-3-7-20-8-6-19-15(20)10-14(18-2)11-4-5-13(17)12(16)9-11/h4-6,8-9,14,18H,3,7,10H2,1-2H3. The van der Waals surface area contributed by atoms with Gasteiger partial charge >= 0.3 is 0 Å². The Morgan fingerprint density at radius 1 is 1.45 bits per heavy atom. The van der Waals surface area contributed by atoms with Crippen LogP contribution in [-0.4, -0.2) is 16.6 Å². The summed E-state index contributed by atoms with van der Waals surface area (Å²) in [5.41, 5.74) is 1.20. The molecule has 2 aromatic rings. The minimum absolute atomic E-state index is 0.224. The molecule has 20 heavy (non-hydrogen) atoms. The van der Waals surface area contributed by atoms with Crippen LogP contribution in [0.4, 0.5) is 0 Å². The lowest BCUT2D eigenvalue weighted by molar-refractivity contribution is 0.543. The van der Waals surface area contributed by atoms with E-state index in [2.05, 4.69) is 49.9 Å². The van der Waals surface area contributed by atoms with Gasteiger partial charge in [0, 0.05) is 35.9 Å². The first-order chi connectivity index (χ1) is 9.65. The van der Waals surface area contributed by atoms with E-state index in [9.17, 15) is 0 Å². The molecule has 0 spiro atoms. The first kappa shape index (κ1) is 15.5. The molecule has 0 saturated heterocycles. The highest BCUT2D eigenvalue weighted by Crippen LogP contribution is 2.27. The number of benzene rings is 1. The van der Waals surface area contributed by atoms with Crippen LogP contribution in [0.15, 0.2) is 35.1 Å². The van der Waals surface area contributed by atoms with Gasteiger partial charge in [-0.15, -0.1) is 0 Å². The highest BCUT2D eigenvalue weighted by atomic mass is 79.9. The number of nitrogens with zero attached hydrogens (tertiary/aromatic N) is 2. The summed E-state index contributed by atoms with van der Waals surface area (Å²) in [5, 5.41) is 4.09. The fourth-order valence-corrected chi connectivity index (χ4v) is 2.79. The topological polar surface area (TPSA) is 29.9 Å². The molecule has 0 amide bonds. The molecule has 1 aromatic heterocycles. The quantitative estimate of drug-likeness (QED) is 0.840. The molecular weight excluding hydrogens is 338 g/mol. The summed E-state index contributed by atoms with van der Waals surface area (Å²) in [6, 6.07) is 6.27. The van der Waals surface area contributed by atoms with Gasteiger partial charge < -0.3 is 9.88 Å². The monoisotopic (exact) mass is 355 g/mol. The van der Waals surface area contributed by atoms with Gasteiger partial charge in [0.2, 0.25) is 0 Å². The summed E-state index contributed by atoms with van der Waals surface area (Å²) in [7, 11) is 1.97. The number of aryl methyl sites for hydroxylation is 1. The van der Waals surface area contributed by atoms with E-state index in [1.807, 2.05) is 25.5 Å². The maximum atomic E-state index is 6.05. The molecular formula is C15H19BrClN3. The van der Waals surface area contributed by atoms with Gasteiger partial charge in [0.1, 0.15) is 5.82 Å². The van der Waals surface area contributed by atoms with E-state index in [0.29, 0.717) is 0 Å². The Morgan fingerprint density at radius 2 is 2.25 bits per heavy atom. The Morgan fingerprint density at radius 3 is 2.90 bits per heavy atom. The van der Waals surface area contributed by atoms with Crippen molar-refractivity contribution in [3.8, 4) is 0 Å². The molecule has 1 heterocycles. The Kier molecular flexibility index (Phi) is 5.64. The lowest BCUT2D eigenvalue weighted by Gasteiger charge is -2.18. The molecule has 1 aromatic carbocycles. The Balaban J connectivity index is 2.19. The summed E-state index contributed by atoms with van der Waals surface area (Å²) in [6.45, 7) is 3.19. The van der Waals surface area contributed by atoms with Gasteiger partial charge in [-0.3, -0.25) is 0 Å². The third-order valence-electron chi connectivity index (χ3n) is 3.35. The van der Waals surface area contributed by atoms with Crippen molar-refractivity contribution < 1.29 is 0 Å². The molecule has 5 heteroatoms. The number of hydrogen-bond acceptors (Lipinski definition) is 2. The first-order valence-corrected chi connectivity index (χ1v) is 7.95. The van der Waals surface area contributed by atoms with Crippen LogP contribution in [0.3, 0.4) is 0 Å². The average molecular weight is 357 g/mol. The van der Waals surface area contributed by atoms with E-state index >= 15 is 0 Å². The van der Waals surface area contributed by atoms with Gasteiger partial charge in [-0.2, -0.15) is 0 Å². The fraction of sp³-hybridized carbons (Fsp3) is 0.400. The van der Waals surface area contributed by atoms with Crippen molar-refractivity contribution in [3.05, 3.63) is 51.5 Å². The highest BCUT2D eigenvalue weighted by molar-refractivity contribution is 9.10. The van der Waals surface area contributed by atoms with Crippen LogP contribution in [-0.2, 0) is 13.0 Å². The zero-order valence-corrected chi connectivity index (χ0v) is 14.1. The van der Waals surface area contributed by atoms with Crippen molar-refractivity contribution >= 4 is 27.5 Å². The number of imidazole rings is 1. The van der Waals surface area contributed by atoms with Crippen LogP contribution in [0.25, 0.3) is 0 Å². The highest BCUT2D eigenvalue weighted by Gasteiger charge is 2.14. The van der Waals surface area contributed by atoms with Crippen LogP contribution in [0, 0.1) is 0 Å². The van der Waals surface area contributed by atoms with Gasteiger partial charge in [0.15, 0.2) is 0 Å². The number of hydrogen-bond donors (Lipinski definition) is 1. The lowest BCUT2D eigenvalue weighted by Crippen LogP contribution is -2.21. The van der Waals surface area contributed by atoms with E-state index in [1.165, 1.54) is 5.56 Å². The van der Waals surface area contributed by atoms with Crippen molar-refractivity contribution in [2.45, 2.75) is 32.4 Å². The van der Waals surface area contributed by atoms with Crippen LogP contribution in [0.2, 0.25) is 5.02 Å². The molecule has 0 aliphatic heterocycles. The van der Waals surface area contributed by atoms with Crippen molar-refractivity contribution in [2.24, 2.45) is 0 Å². The fourth-order valence-electron chi connectivity index (χ4n) is 2.27. The molecule has 0 bridgehead atoms. The van der Waals surface area contributed by atoms with Gasteiger partial charge in [0.05, 0.1) is 5.02 Å². The van der Waals surface area contributed by atoms with Gasteiger partial charge in [0.25, 0.3) is 0 Å². The van der Waals surface area contributed by atoms with E-state index in [0.717, 1.165) is 34.7 Å². The molecule has 108 valence electrons. The van der Waals surface area contributed by atoms with Crippen molar-refractivity contribution in [1.29, 1.82) is 0 Å².